The number of aliphatic hydroxyl groups is 2. The van der Waals surface area contributed by atoms with Crippen LogP contribution >= 0.6 is 0 Å². The van der Waals surface area contributed by atoms with Gasteiger partial charge in [-0.3, -0.25) is 14.4 Å². The van der Waals surface area contributed by atoms with Crippen molar-refractivity contribution in [3.8, 4) is 0 Å². The molecule has 0 spiro atoms. The number of esters is 2. The summed E-state index contributed by atoms with van der Waals surface area (Å²) < 4.78 is 11.0. The standard InChI is InChI=1S/C55H82N4O7/c1-12-39-34(7)41-28-46-48(38(11)61)36(9)43(57-46)26-42-35(8)40(22-23-47(62)65-25-24-33(6)21-15-20-32(5)19-14-18-31(4)17-13-16-30(2)3)52(58-42)50-51(55(64)66-29-60)54(63)49-37(10)44(59-53(49)50)27-45(39)56-41/h24,27-28,30-32,34-35,38-40,42,51,56-61H,12-23,25-26,29H2,1-11H3/b33-24+,41-28-,45-27-,52-50-/t31-,32-,34-,35+,38?,39-,40+,42?,51-/m1/s1. The van der Waals surface area contributed by atoms with Gasteiger partial charge < -0.3 is 40.3 Å². The van der Waals surface area contributed by atoms with E-state index in [-0.39, 0.29) is 54.5 Å². The minimum atomic E-state index is -1.28. The zero-order valence-corrected chi connectivity index (χ0v) is 42.0. The number of hydrogen-bond donors (Lipinski definition) is 6. The highest BCUT2D eigenvalue weighted by Crippen LogP contribution is 2.49. The Morgan fingerprint density at radius 2 is 1.53 bits per heavy atom. The van der Waals surface area contributed by atoms with E-state index in [0.717, 1.165) is 82.0 Å². The zero-order chi connectivity index (χ0) is 48.0. The third-order valence-corrected chi connectivity index (χ3v) is 15.6. The predicted octanol–water partition coefficient (Wildman–Crippen LogP) is 11.2. The molecule has 0 aromatic carbocycles. The number of H-pyrrole nitrogens is 2. The van der Waals surface area contributed by atoms with Gasteiger partial charge in [0.05, 0.1) is 11.8 Å². The van der Waals surface area contributed by atoms with Crippen molar-refractivity contribution >= 4 is 35.4 Å². The Bertz CT molecular complexity index is 2180. The number of aromatic nitrogens is 2. The number of carbonyl (C=O) groups excluding carboxylic acids is 3. The zero-order valence-electron chi connectivity index (χ0n) is 42.0. The number of aliphatic hydroxyl groups excluding tert-OH is 2. The third-order valence-electron chi connectivity index (χ3n) is 15.6. The largest absolute Gasteiger partial charge is 0.461 e. The number of hydrogen-bond acceptors (Lipinski definition) is 9. The van der Waals surface area contributed by atoms with Gasteiger partial charge in [-0.05, 0) is 106 Å². The number of Topliss-reactive ketones (excluding diaryl/α,β-unsaturated/α-hetero) is 1. The predicted molar refractivity (Wildman–Crippen MR) is 264 cm³/mol. The SMILES string of the molecule is CC[C@H]1/C2=C/c3[nH]c4c(c3C)C(=O)[C@H](C(=O)OCO)/C4=C3/NC(Cc4[nH]c(c(C(C)O)c4C)/C=C(\N2)[C@@H]1C)[C@@H](C)[C@@H]3CCC(=O)OC/C=C(\C)CCC[C@H](C)CCC[C@H](C)CCCC(C)C. The number of aromatic amines is 2. The maximum absolute atomic E-state index is 14.5. The van der Waals surface area contributed by atoms with Crippen molar-refractivity contribution in [3.63, 3.8) is 0 Å². The number of carbonyl (C=O) groups is 3. The first-order valence-electron chi connectivity index (χ1n) is 25.4. The lowest BCUT2D eigenvalue weighted by Gasteiger charge is -2.20. The summed E-state index contributed by atoms with van der Waals surface area (Å²) in [6, 6.07) is -0.152. The van der Waals surface area contributed by atoms with Crippen LogP contribution in [0, 0.1) is 61.2 Å². The van der Waals surface area contributed by atoms with Crippen LogP contribution in [0.4, 0.5) is 0 Å². The van der Waals surface area contributed by atoms with E-state index in [0.29, 0.717) is 35.6 Å². The molecule has 11 nitrogen and oxygen atoms in total. The molecule has 364 valence electrons. The van der Waals surface area contributed by atoms with E-state index < -0.39 is 24.8 Å². The lowest BCUT2D eigenvalue weighted by molar-refractivity contribution is -0.153. The first kappa shape index (κ1) is 51.0. The van der Waals surface area contributed by atoms with Crippen LogP contribution in [0.1, 0.15) is 195 Å². The van der Waals surface area contributed by atoms with Crippen LogP contribution in [0.2, 0.25) is 0 Å². The molecular weight excluding hydrogens is 829 g/mol. The first-order valence-corrected chi connectivity index (χ1v) is 25.4. The van der Waals surface area contributed by atoms with Gasteiger partial charge in [-0.1, -0.05) is 99.0 Å². The topological polar surface area (TPSA) is 166 Å². The smallest absolute Gasteiger partial charge is 0.323 e. The van der Waals surface area contributed by atoms with Crippen LogP contribution in [-0.4, -0.2) is 57.3 Å². The van der Waals surface area contributed by atoms with Gasteiger partial charge in [-0.2, -0.15) is 0 Å². The molecule has 8 bridgehead atoms. The van der Waals surface area contributed by atoms with Crippen molar-refractivity contribution in [1.82, 2.24) is 20.6 Å². The van der Waals surface area contributed by atoms with Crippen LogP contribution in [-0.2, 0) is 25.5 Å². The van der Waals surface area contributed by atoms with Crippen molar-refractivity contribution < 1.29 is 34.1 Å². The third kappa shape index (κ3) is 11.5. The summed E-state index contributed by atoms with van der Waals surface area (Å²) in [4.78, 5) is 49.0. The van der Waals surface area contributed by atoms with E-state index in [1.54, 1.807) is 6.92 Å². The van der Waals surface area contributed by atoms with Gasteiger partial charge in [-0.25, -0.2) is 0 Å². The van der Waals surface area contributed by atoms with Gasteiger partial charge >= 0.3 is 11.9 Å². The Morgan fingerprint density at radius 1 is 0.864 bits per heavy atom. The van der Waals surface area contributed by atoms with E-state index in [2.05, 4.69) is 88.1 Å². The van der Waals surface area contributed by atoms with E-state index in [1.165, 1.54) is 50.5 Å². The number of nitrogens with one attached hydrogen (secondary N) is 4. The molecule has 0 saturated carbocycles. The molecule has 2 aromatic heterocycles. The molecule has 0 radical (unpaired) electrons. The van der Waals surface area contributed by atoms with Gasteiger partial charge in [0.2, 0.25) is 0 Å². The molecule has 9 atom stereocenters. The number of fused-ring (bicyclic) bond motifs is 7. The van der Waals surface area contributed by atoms with Gasteiger partial charge in [0.25, 0.3) is 0 Å². The fourth-order valence-corrected chi connectivity index (χ4v) is 11.5. The van der Waals surface area contributed by atoms with E-state index in [1.807, 2.05) is 19.9 Å². The Hall–Kier alpha value is -4.35. The molecule has 3 aliphatic heterocycles. The van der Waals surface area contributed by atoms with E-state index in [4.69, 9.17) is 9.47 Å². The summed E-state index contributed by atoms with van der Waals surface area (Å²) in [6.07, 6.45) is 18.8. The van der Waals surface area contributed by atoms with Gasteiger partial charge in [-0.15, -0.1) is 0 Å². The summed E-state index contributed by atoms with van der Waals surface area (Å²) in [5, 5.41) is 28.3. The second-order valence-corrected chi connectivity index (χ2v) is 21.0. The van der Waals surface area contributed by atoms with Crippen LogP contribution in [0.5, 0.6) is 0 Å². The summed E-state index contributed by atoms with van der Waals surface area (Å²) in [5.74, 6) is -0.375. The lowest BCUT2D eigenvalue weighted by atomic mass is 9.83. The van der Waals surface area contributed by atoms with Gasteiger partial charge in [0, 0.05) is 87.5 Å². The maximum atomic E-state index is 14.5. The lowest BCUT2D eigenvalue weighted by Crippen LogP contribution is -2.30. The van der Waals surface area contributed by atoms with Crippen molar-refractivity contribution in [1.29, 1.82) is 0 Å². The van der Waals surface area contributed by atoms with Crippen LogP contribution < -0.4 is 10.6 Å². The normalized spacial score (nSPS) is 26.6. The molecule has 6 rings (SSSR count). The van der Waals surface area contributed by atoms with Gasteiger partial charge in [0.1, 0.15) is 12.5 Å². The molecule has 0 amide bonds. The van der Waals surface area contributed by atoms with Crippen LogP contribution in [0.25, 0.3) is 17.7 Å². The van der Waals surface area contributed by atoms with Crippen molar-refractivity contribution in [2.45, 2.75) is 172 Å². The summed E-state index contributed by atoms with van der Waals surface area (Å²) >= 11 is 0. The second kappa shape index (κ2) is 22.6. The summed E-state index contributed by atoms with van der Waals surface area (Å²) in [6.45, 7) is 23.2. The average Bonchev–Trinajstić information content (AvgIpc) is 4.00. The Kier molecular flexibility index (Phi) is 17.5. The molecule has 2 saturated heterocycles. The van der Waals surface area contributed by atoms with Crippen molar-refractivity contribution in [2.75, 3.05) is 13.4 Å². The van der Waals surface area contributed by atoms with E-state index in [9.17, 15) is 24.6 Å². The molecule has 2 aromatic rings. The van der Waals surface area contributed by atoms with E-state index >= 15 is 0 Å². The fraction of sp³-hybridized carbons (Fsp3) is 0.655. The molecule has 4 aliphatic rings. The monoisotopic (exact) mass is 911 g/mol. The Labute approximate surface area is 395 Å². The Morgan fingerprint density at radius 3 is 2.18 bits per heavy atom. The Balaban J connectivity index is 1.21. The fourth-order valence-electron chi connectivity index (χ4n) is 11.5. The molecule has 6 N–H and O–H groups in total. The maximum Gasteiger partial charge on any atom is 0.323 e. The quantitative estimate of drug-likeness (QED) is 0.0309. The molecule has 1 aliphatic carbocycles. The summed E-state index contributed by atoms with van der Waals surface area (Å²) in [5.41, 5.74) is 10.8. The highest BCUT2D eigenvalue weighted by Gasteiger charge is 2.50. The molecule has 5 heterocycles. The highest BCUT2D eigenvalue weighted by atomic mass is 16.6. The minimum absolute atomic E-state index is 0.0348. The highest BCUT2D eigenvalue weighted by molar-refractivity contribution is 6.24. The molecule has 66 heavy (non-hydrogen) atoms. The molecule has 2 fully saturated rings. The number of ketones is 1. The van der Waals surface area contributed by atoms with Crippen molar-refractivity contribution in [2.24, 2.45) is 47.3 Å². The average molecular weight is 911 g/mol. The minimum Gasteiger partial charge on any atom is -0.461 e. The molecular formula is C55H82N4O7. The number of ether oxygens (including phenoxy) is 2. The first-order chi connectivity index (χ1) is 31.4. The number of allylic oxidation sites excluding steroid dienone is 4. The summed E-state index contributed by atoms with van der Waals surface area (Å²) in [7, 11) is 0. The second-order valence-electron chi connectivity index (χ2n) is 21.0. The van der Waals surface area contributed by atoms with Crippen LogP contribution in [0.15, 0.2) is 28.7 Å². The van der Waals surface area contributed by atoms with Crippen molar-refractivity contribution in [3.05, 3.63) is 73.8 Å². The molecule has 11 heteroatoms. The van der Waals surface area contributed by atoms with Gasteiger partial charge in [0.15, 0.2) is 12.6 Å². The molecule has 2 unspecified atom stereocenters. The number of rotatable bonds is 21. The van der Waals surface area contributed by atoms with Crippen LogP contribution in [0.3, 0.4) is 0 Å².